The predicted octanol–water partition coefficient (Wildman–Crippen LogP) is 2.50. The van der Waals surface area contributed by atoms with Gasteiger partial charge in [0.25, 0.3) is 0 Å². The van der Waals surface area contributed by atoms with Gasteiger partial charge in [-0.15, -0.1) is 11.3 Å². The molecular formula is C16H18N2O3S. The fraction of sp³-hybridized carbons (Fsp3) is 0.438. The molecule has 6 heteroatoms. The molecular weight excluding hydrogens is 300 g/mol. The van der Waals surface area contributed by atoms with Crippen molar-refractivity contribution in [3.63, 3.8) is 0 Å². The maximum atomic E-state index is 9.18. The van der Waals surface area contributed by atoms with Gasteiger partial charge in [0.15, 0.2) is 11.5 Å². The van der Waals surface area contributed by atoms with Crippen molar-refractivity contribution in [3.8, 4) is 22.1 Å². The minimum atomic E-state index is 0.204. The Kier molecular flexibility index (Phi) is 3.73. The Balaban J connectivity index is 1.51. The summed E-state index contributed by atoms with van der Waals surface area (Å²) in [6.07, 6.45) is 2.47. The number of thiazole rings is 1. The number of fused-ring (bicyclic) bond motifs is 1. The maximum Gasteiger partial charge on any atom is 0.231 e. The molecule has 0 spiro atoms. The third-order valence-electron chi connectivity index (χ3n) is 3.99. The van der Waals surface area contributed by atoms with E-state index < -0.39 is 0 Å². The van der Waals surface area contributed by atoms with Gasteiger partial charge in [0.2, 0.25) is 6.79 Å². The van der Waals surface area contributed by atoms with Crippen molar-refractivity contribution in [2.45, 2.75) is 25.4 Å². The Bertz CT molecular complexity index is 669. The fourth-order valence-electron chi connectivity index (χ4n) is 2.71. The van der Waals surface area contributed by atoms with Crippen molar-refractivity contribution in [2.75, 3.05) is 19.9 Å². The summed E-state index contributed by atoms with van der Waals surface area (Å²) in [6, 6.07) is 6.56. The van der Waals surface area contributed by atoms with Gasteiger partial charge in [0, 0.05) is 30.1 Å². The third-order valence-corrected chi connectivity index (χ3v) is 4.93. The highest BCUT2D eigenvalue weighted by Gasteiger charge is 2.29. The molecule has 1 aromatic heterocycles. The molecule has 1 aliphatic heterocycles. The first kappa shape index (κ1) is 14.0. The summed E-state index contributed by atoms with van der Waals surface area (Å²) in [7, 11) is 0. The molecule has 2 aliphatic rings. The molecule has 1 aliphatic carbocycles. The van der Waals surface area contributed by atoms with Gasteiger partial charge in [-0.2, -0.15) is 0 Å². The number of aliphatic hydroxyl groups excluding tert-OH is 1. The molecule has 1 fully saturated rings. The SMILES string of the molecule is OCCN(Cc1csc(-c2ccc3c(c2)OCO3)n1)C1CC1. The average Bonchev–Trinajstić information content (AvgIpc) is 3.09. The summed E-state index contributed by atoms with van der Waals surface area (Å²) in [5, 5.41) is 12.3. The zero-order chi connectivity index (χ0) is 14.9. The molecule has 2 aromatic rings. The van der Waals surface area contributed by atoms with Gasteiger partial charge in [0.1, 0.15) is 5.01 Å². The molecule has 2 heterocycles. The highest BCUT2D eigenvalue weighted by Crippen LogP contribution is 2.37. The number of benzene rings is 1. The minimum absolute atomic E-state index is 0.204. The van der Waals surface area contributed by atoms with Crippen LogP contribution in [-0.4, -0.2) is 41.0 Å². The lowest BCUT2D eigenvalue weighted by molar-refractivity contribution is 0.174. The molecule has 1 N–H and O–H groups in total. The lowest BCUT2D eigenvalue weighted by Crippen LogP contribution is -2.28. The van der Waals surface area contributed by atoms with Gasteiger partial charge >= 0.3 is 0 Å². The summed E-state index contributed by atoms with van der Waals surface area (Å²) in [5.41, 5.74) is 2.12. The average molecular weight is 318 g/mol. The largest absolute Gasteiger partial charge is 0.454 e. The fourth-order valence-corrected chi connectivity index (χ4v) is 3.52. The topological polar surface area (TPSA) is 54.8 Å². The molecule has 4 rings (SSSR count). The molecule has 0 amide bonds. The van der Waals surface area contributed by atoms with Gasteiger partial charge in [-0.3, -0.25) is 4.90 Å². The summed E-state index contributed by atoms with van der Waals surface area (Å²) < 4.78 is 10.8. The number of hydrogen-bond acceptors (Lipinski definition) is 6. The molecule has 0 unspecified atom stereocenters. The summed E-state index contributed by atoms with van der Waals surface area (Å²) in [5.74, 6) is 1.58. The molecule has 5 nitrogen and oxygen atoms in total. The standard InChI is InChI=1S/C16H18N2O3S/c19-6-5-18(13-2-3-13)8-12-9-22-16(17-12)11-1-4-14-15(7-11)21-10-20-14/h1,4,7,9,13,19H,2-3,5-6,8,10H2. The molecule has 0 bridgehead atoms. The van der Waals surface area contributed by atoms with Gasteiger partial charge in [0.05, 0.1) is 12.3 Å². The van der Waals surface area contributed by atoms with E-state index in [0.29, 0.717) is 12.8 Å². The minimum Gasteiger partial charge on any atom is -0.454 e. The van der Waals surface area contributed by atoms with Crippen LogP contribution in [0, 0.1) is 0 Å². The molecule has 1 aromatic carbocycles. The second kappa shape index (κ2) is 5.87. The summed E-state index contributed by atoms with van der Waals surface area (Å²) >= 11 is 1.64. The normalized spacial score (nSPS) is 16.5. The molecule has 0 saturated heterocycles. The van der Waals surface area contributed by atoms with Crippen LogP contribution in [0.15, 0.2) is 23.6 Å². The van der Waals surface area contributed by atoms with Gasteiger partial charge in [-0.05, 0) is 31.0 Å². The number of aliphatic hydroxyl groups is 1. The second-order valence-corrected chi connectivity index (χ2v) is 6.50. The summed E-state index contributed by atoms with van der Waals surface area (Å²) in [4.78, 5) is 7.05. The Morgan fingerprint density at radius 2 is 2.14 bits per heavy atom. The van der Waals surface area contributed by atoms with Gasteiger partial charge < -0.3 is 14.6 Å². The second-order valence-electron chi connectivity index (χ2n) is 5.64. The predicted molar refractivity (Wildman–Crippen MR) is 84.2 cm³/mol. The van der Waals surface area contributed by atoms with Crippen molar-refractivity contribution in [1.29, 1.82) is 0 Å². The van der Waals surface area contributed by atoms with E-state index in [-0.39, 0.29) is 6.61 Å². The smallest absolute Gasteiger partial charge is 0.231 e. The van der Waals surface area contributed by atoms with E-state index in [1.54, 1.807) is 11.3 Å². The van der Waals surface area contributed by atoms with Gasteiger partial charge in [-0.25, -0.2) is 4.98 Å². The summed E-state index contributed by atoms with van der Waals surface area (Å²) in [6.45, 7) is 2.03. The van der Waals surface area contributed by atoms with E-state index in [0.717, 1.165) is 40.9 Å². The van der Waals surface area contributed by atoms with Gasteiger partial charge in [-0.1, -0.05) is 0 Å². The third kappa shape index (κ3) is 2.82. The number of hydrogen-bond donors (Lipinski definition) is 1. The number of ether oxygens (including phenoxy) is 2. The Morgan fingerprint density at radius 3 is 2.95 bits per heavy atom. The van der Waals surface area contributed by atoms with E-state index in [1.165, 1.54) is 12.8 Å². The molecule has 0 radical (unpaired) electrons. The molecule has 22 heavy (non-hydrogen) atoms. The molecule has 116 valence electrons. The van der Waals surface area contributed by atoms with Crippen LogP contribution in [0.5, 0.6) is 11.5 Å². The first-order chi connectivity index (χ1) is 10.8. The van der Waals surface area contributed by atoms with E-state index in [2.05, 4.69) is 10.3 Å². The quantitative estimate of drug-likeness (QED) is 0.887. The lowest BCUT2D eigenvalue weighted by Gasteiger charge is -2.19. The van der Waals surface area contributed by atoms with E-state index >= 15 is 0 Å². The Morgan fingerprint density at radius 1 is 1.27 bits per heavy atom. The van der Waals surface area contributed by atoms with Crippen LogP contribution in [0.2, 0.25) is 0 Å². The monoisotopic (exact) mass is 318 g/mol. The maximum absolute atomic E-state index is 9.18. The highest BCUT2D eigenvalue weighted by atomic mass is 32.1. The number of nitrogens with zero attached hydrogens (tertiary/aromatic N) is 2. The lowest BCUT2D eigenvalue weighted by atomic mass is 10.2. The van der Waals surface area contributed by atoms with E-state index in [4.69, 9.17) is 14.5 Å². The Hall–Kier alpha value is -1.63. The first-order valence-electron chi connectivity index (χ1n) is 7.53. The number of aromatic nitrogens is 1. The first-order valence-corrected chi connectivity index (χ1v) is 8.41. The van der Waals surface area contributed by atoms with Crippen molar-refractivity contribution in [2.24, 2.45) is 0 Å². The van der Waals surface area contributed by atoms with Crippen LogP contribution in [0.3, 0.4) is 0 Å². The van der Waals surface area contributed by atoms with Crippen molar-refractivity contribution in [1.82, 2.24) is 9.88 Å². The van der Waals surface area contributed by atoms with Crippen LogP contribution >= 0.6 is 11.3 Å². The van der Waals surface area contributed by atoms with E-state index in [9.17, 15) is 5.11 Å². The van der Waals surface area contributed by atoms with Crippen molar-refractivity contribution in [3.05, 3.63) is 29.3 Å². The zero-order valence-corrected chi connectivity index (χ0v) is 13.0. The van der Waals surface area contributed by atoms with Crippen LogP contribution in [0.25, 0.3) is 10.6 Å². The Labute approximate surface area is 133 Å². The molecule has 1 saturated carbocycles. The highest BCUT2D eigenvalue weighted by molar-refractivity contribution is 7.13. The molecule has 0 atom stereocenters. The number of rotatable bonds is 6. The van der Waals surface area contributed by atoms with Crippen molar-refractivity contribution < 1.29 is 14.6 Å². The van der Waals surface area contributed by atoms with Crippen LogP contribution in [-0.2, 0) is 6.54 Å². The van der Waals surface area contributed by atoms with Crippen LogP contribution in [0.1, 0.15) is 18.5 Å². The van der Waals surface area contributed by atoms with Crippen molar-refractivity contribution >= 4 is 11.3 Å². The van der Waals surface area contributed by atoms with Crippen LogP contribution in [0.4, 0.5) is 0 Å². The zero-order valence-electron chi connectivity index (χ0n) is 12.2. The van der Waals surface area contributed by atoms with Crippen LogP contribution < -0.4 is 9.47 Å². The van der Waals surface area contributed by atoms with E-state index in [1.807, 2.05) is 18.2 Å².